The molecule has 0 aliphatic heterocycles. The van der Waals surface area contributed by atoms with Gasteiger partial charge < -0.3 is 19.8 Å². The van der Waals surface area contributed by atoms with E-state index in [0.717, 1.165) is 0 Å². The highest BCUT2D eigenvalue weighted by Gasteiger charge is 2.12. The highest BCUT2D eigenvalue weighted by molar-refractivity contribution is 6.34. The van der Waals surface area contributed by atoms with Gasteiger partial charge in [0.25, 0.3) is 11.5 Å². The predicted octanol–water partition coefficient (Wildman–Crippen LogP) is 1.97. The summed E-state index contributed by atoms with van der Waals surface area (Å²) in [5.74, 6) is 0.722. The minimum absolute atomic E-state index is 0.0567. The molecule has 0 saturated carbocycles. The second-order valence-corrected chi connectivity index (χ2v) is 5.01. The summed E-state index contributed by atoms with van der Waals surface area (Å²) in [6.45, 7) is 0. The van der Waals surface area contributed by atoms with E-state index in [2.05, 4.69) is 15.3 Å². The molecule has 1 aromatic heterocycles. The van der Waals surface area contributed by atoms with Gasteiger partial charge >= 0.3 is 0 Å². The van der Waals surface area contributed by atoms with Crippen molar-refractivity contribution in [2.24, 2.45) is 0 Å². The first-order valence-corrected chi connectivity index (χ1v) is 7.29. The number of carbonyl (C=O) groups excluding carboxylic acids is 1. The topological polar surface area (TPSA) is 93.3 Å². The molecule has 0 aliphatic rings. The predicted molar refractivity (Wildman–Crippen MR) is 91.7 cm³/mol. The van der Waals surface area contributed by atoms with Crippen LogP contribution >= 0.6 is 11.6 Å². The van der Waals surface area contributed by atoms with E-state index in [1.54, 1.807) is 24.3 Å². The number of hydrogen-bond donors (Lipinski definition) is 2. The quantitative estimate of drug-likeness (QED) is 0.860. The van der Waals surface area contributed by atoms with E-state index in [0.29, 0.717) is 27.9 Å². The first-order chi connectivity index (χ1) is 11.5. The van der Waals surface area contributed by atoms with Gasteiger partial charge in [0, 0.05) is 13.2 Å². The Bertz CT molecular complexity index is 846. The third-order valence-corrected chi connectivity index (χ3v) is 3.62. The molecule has 0 saturated heterocycles. The summed E-state index contributed by atoms with van der Waals surface area (Å²) in [5, 5.41) is 2.74. The Morgan fingerprint density at radius 3 is 2.62 bits per heavy atom. The van der Waals surface area contributed by atoms with Crippen LogP contribution < -0.4 is 20.3 Å². The van der Waals surface area contributed by atoms with Crippen LogP contribution in [0.3, 0.4) is 0 Å². The van der Waals surface area contributed by atoms with Crippen LogP contribution in [-0.2, 0) is 0 Å². The van der Waals surface area contributed by atoms with Crippen LogP contribution in [-0.4, -0.2) is 37.1 Å². The Hall–Kier alpha value is -2.80. The van der Waals surface area contributed by atoms with Crippen LogP contribution in [0.25, 0.3) is 12.2 Å². The monoisotopic (exact) mass is 349 g/mol. The van der Waals surface area contributed by atoms with Gasteiger partial charge in [-0.1, -0.05) is 11.6 Å². The van der Waals surface area contributed by atoms with E-state index in [1.165, 1.54) is 27.5 Å². The van der Waals surface area contributed by atoms with Crippen molar-refractivity contribution < 1.29 is 14.3 Å². The minimum Gasteiger partial charge on any atom is -0.493 e. The van der Waals surface area contributed by atoms with Crippen molar-refractivity contribution >= 4 is 29.7 Å². The largest absolute Gasteiger partial charge is 0.493 e. The standard InChI is InChI=1S/C16H16ClN3O4/c1-18-15(21)10-8-19-12(20-16(10)22)7-5-9-4-6-11(23-2)14(24-3)13(9)17/h4-8H,1-3H3,(H,18,21)(H,19,20,22)/b7-5+. The number of amides is 1. The van der Waals surface area contributed by atoms with E-state index in [9.17, 15) is 9.59 Å². The molecule has 24 heavy (non-hydrogen) atoms. The van der Waals surface area contributed by atoms with Gasteiger partial charge in [-0.2, -0.15) is 0 Å². The van der Waals surface area contributed by atoms with E-state index < -0.39 is 11.5 Å². The van der Waals surface area contributed by atoms with E-state index in [1.807, 2.05) is 0 Å². The maximum Gasteiger partial charge on any atom is 0.263 e. The molecule has 7 nitrogen and oxygen atoms in total. The Kier molecular flexibility index (Phi) is 5.59. The number of nitrogens with one attached hydrogen (secondary N) is 2. The molecule has 0 radical (unpaired) electrons. The molecule has 0 unspecified atom stereocenters. The molecule has 0 spiro atoms. The fourth-order valence-electron chi connectivity index (χ4n) is 1.99. The zero-order valence-corrected chi connectivity index (χ0v) is 14.1. The van der Waals surface area contributed by atoms with Gasteiger partial charge in [0.15, 0.2) is 11.5 Å². The summed E-state index contributed by atoms with van der Waals surface area (Å²) < 4.78 is 10.4. The normalized spacial score (nSPS) is 10.7. The van der Waals surface area contributed by atoms with Crippen LogP contribution in [0.1, 0.15) is 21.7 Å². The molecule has 2 N–H and O–H groups in total. The molecule has 8 heteroatoms. The number of hydrogen-bond acceptors (Lipinski definition) is 5. The average molecular weight is 350 g/mol. The number of aromatic nitrogens is 2. The van der Waals surface area contributed by atoms with Gasteiger partial charge in [-0.3, -0.25) is 9.59 Å². The smallest absolute Gasteiger partial charge is 0.263 e. The second-order valence-electron chi connectivity index (χ2n) is 4.63. The van der Waals surface area contributed by atoms with Crippen LogP contribution in [0.2, 0.25) is 5.02 Å². The van der Waals surface area contributed by atoms with Gasteiger partial charge in [-0.25, -0.2) is 4.98 Å². The Labute approximate surface area is 143 Å². The molecule has 1 amide bonds. The van der Waals surface area contributed by atoms with Crippen molar-refractivity contribution in [3.05, 3.63) is 50.7 Å². The molecule has 2 rings (SSSR count). The Morgan fingerprint density at radius 1 is 1.29 bits per heavy atom. The Balaban J connectivity index is 2.33. The van der Waals surface area contributed by atoms with Crippen molar-refractivity contribution in [3.63, 3.8) is 0 Å². The summed E-state index contributed by atoms with van der Waals surface area (Å²) in [5.41, 5.74) is 0.0774. The third kappa shape index (κ3) is 3.57. The van der Waals surface area contributed by atoms with E-state index in [4.69, 9.17) is 21.1 Å². The van der Waals surface area contributed by atoms with Crippen molar-refractivity contribution in [3.8, 4) is 11.5 Å². The number of nitrogens with zero attached hydrogens (tertiary/aromatic N) is 1. The van der Waals surface area contributed by atoms with Gasteiger partial charge in [0.05, 0.1) is 19.2 Å². The van der Waals surface area contributed by atoms with Gasteiger partial charge in [0.2, 0.25) is 0 Å². The number of H-pyrrole nitrogens is 1. The molecular formula is C16H16ClN3O4. The highest BCUT2D eigenvalue weighted by Crippen LogP contribution is 2.37. The molecule has 1 heterocycles. The summed E-state index contributed by atoms with van der Waals surface area (Å²) in [7, 11) is 4.45. The van der Waals surface area contributed by atoms with Crippen LogP contribution in [0, 0.1) is 0 Å². The molecule has 0 aliphatic carbocycles. The van der Waals surface area contributed by atoms with Gasteiger partial charge in [0.1, 0.15) is 11.4 Å². The number of methoxy groups -OCH3 is 2. The molecule has 0 fully saturated rings. The summed E-state index contributed by atoms with van der Waals surface area (Å²) >= 11 is 6.27. The van der Waals surface area contributed by atoms with Crippen LogP contribution in [0.4, 0.5) is 0 Å². The minimum atomic E-state index is -0.526. The number of rotatable bonds is 5. The lowest BCUT2D eigenvalue weighted by Crippen LogP contribution is -2.27. The zero-order valence-electron chi connectivity index (χ0n) is 13.3. The number of carbonyl (C=O) groups is 1. The molecule has 126 valence electrons. The molecule has 0 bridgehead atoms. The molecule has 2 aromatic rings. The van der Waals surface area contributed by atoms with Crippen molar-refractivity contribution in [2.75, 3.05) is 21.3 Å². The van der Waals surface area contributed by atoms with Crippen molar-refractivity contribution in [1.29, 1.82) is 0 Å². The van der Waals surface area contributed by atoms with Crippen molar-refractivity contribution in [2.45, 2.75) is 0 Å². The fraction of sp³-hybridized carbons (Fsp3) is 0.188. The number of benzene rings is 1. The maximum atomic E-state index is 11.8. The number of ether oxygens (including phenoxy) is 2. The molecular weight excluding hydrogens is 334 g/mol. The summed E-state index contributed by atoms with van der Waals surface area (Å²) in [6, 6.07) is 3.46. The lowest BCUT2D eigenvalue weighted by atomic mass is 10.2. The zero-order chi connectivity index (χ0) is 17.7. The van der Waals surface area contributed by atoms with Gasteiger partial charge in [-0.15, -0.1) is 0 Å². The lowest BCUT2D eigenvalue weighted by Gasteiger charge is -2.10. The lowest BCUT2D eigenvalue weighted by molar-refractivity contribution is 0.0961. The van der Waals surface area contributed by atoms with Crippen molar-refractivity contribution in [1.82, 2.24) is 15.3 Å². The number of halogens is 1. The SMILES string of the molecule is CNC(=O)c1cnc(/C=C/c2ccc(OC)c(OC)c2Cl)[nH]c1=O. The molecule has 0 atom stereocenters. The van der Waals surface area contributed by atoms with Gasteiger partial charge in [-0.05, 0) is 29.8 Å². The fourth-order valence-corrected chi connectivity index (χ4v) is 2.29. The summed E-state index contributed by atoms with van der Waals surface area (Å²) in [6.07, 6.45) is 4.46. The first kappa shape index (κ1) is 17.6. The van der Waals surface area contributed by atoms with E-state index in [-0.39, 0.29) is 5.56 Å². The number of aromatic amines is 1. The second kappa shape index (κ2) is 7.65. The highest BCUT2D eigenvalue weighted by atomic mass is 35.5. The van der Waals surface area contributed by atoms with Crippen LogP contribution in [0.5, 0.6) is 11.5 Å². The summed E-state index contributed by atoms with van der Waals surface area (Å²) in [4.78, 5) is 29.9. The molecule has 1 aromatic carbocycles. The Morgan fingerprint density at radius 2 is 2.04 bits per heavy atom. The average Bonchev–Trinajstić information content (AvgIpc) is 2.59. The van der Waals surface area contributed by atoms with Crippen LogP contribution in [0.15, 0.2) is 23.1 Å². The first-order valence-electron chi connectivity index (χ1n) is 6.91. The van der Waals surface area contributed by atoms with E-state index >= 15 is 0 Å². The third-order valence-electron chi connectivity index (χ3n) is 3.23. The maximum absolute atomic E-state index is 11.8.